The second-order valence-corrected chi connectivity index (χ2v) is 2.74. The van der Waals surface area contributed by atoms with Crippen LogP contribution in [-0.4, -0.2) is 18.0 Å². The average molecular weight is 186 g/mol. The summed E-state index contributed by atoms with van der Waals surface area (Å²) in [5.41, 5.74) is 0. The second-order valence-electron chi connectivity index (χ2n) is 2.74. The first-order valence-corrected chi connectivity index (χ1v) is 4.99. The van der Waals surface area contributed by atoms with E-state index in [9.17, 15) is 4.79 Å². The fraction of sp³-hybridized carbons (Fsp3) is 0.727. The van der Waals surface area contributed by atoms with Crippen LogP contribution in [0.5, 0.6) is 0 Å². The van der Waals surface area contributed by atoms with E-state index in [-0.39, 0.29) is 6.61 Å². The van der Waals surface area contributed by atoms with Gasteiger partial charge in [0.1, 0.15) is 6.29 Å². The molecule has 13 heavy (non-hydrogen) atoms. The van der Waals surface area contributed by atoms with E-state index in [1.807, 2.05) is 19.1 Å². The number of unbranched alkanes of at least 4 members (excludes halogenated alkanes) is 3. The molecule has 0 amide bonds. The van der Waals surface area contributed by atoms with Crippen LogP contribution in [0.3, 0.4) is 0 Å². The van der Waals surface area contributed by atoms with Crippen molar-refractivity contribution in [3.8, 4) is 0 Å². The van der Waals surface area contributed by atoms with Gasteiger partial charge in [0.2, 0.25) is 0 Å². The molecule has 1 N–H and O–H groups in total. The number of carbonyl (C=O) groups excluding carboxylic acids is 1. The topological polar surface area (TPSA) is 37.3 Å². The van der Waals surface area contributed by atoms with Crippen LogP contribution in [0.4, 0.5) is 0 Å². The largest absolute Gasteiger partial charge is 0.396 e. The van der Waals surface area contributed by atoms with Gasteiger partial charge in [0.05, 0.1) is 0 Å². The highest BCUT2D eigenvalue weighted by atomic mass is 16.2. The van der Waals surface area contributed by atoms with Gasteiger partial charge in [0.25, 0.3) is 0 Å². The van der Waals surface area contributed by atoms with E-state index in [0.29, 0.717) is 0 Å². The molecule has 0 atom stereocenters. The van der Waals surface area contributed by atoms with Crippen molar-refractivity contribution in [2.24, 2.45) is 0 Å². The molecule has 0 rings (SSSR count). The van der Waals surface area contributed by atoms with Crippen LogP contribution < -0.4 is 0 Å². The third kappa shape index (κ3) is 24.6. The molecule has 0 radical (unpaired) electrons. The first kappa shape index (κ1) is 14.9. The van der Waals surface area contributed by atoms with Crippen molar-refractivity contribution in [2.75, 3.05) is 6.61 Å². The standard InChI is InChI=1S/C6H12O.C5H10O/c1-2-3-4-5-6-7;1-2-3-4-5-6/h6H,2-5H2,1H3;2-3,6H,4-5H2,1H3. The van der Waals surface area contributed by atoms with E-state index in [4.69, 9.17) is 5.11 Å². The molecular formula is C11H22O2. The molecule has 0 aliphatic carbocycles. The van der Waals surface area contributed by atoms with Crippen molar-refractivity contribution in [1.29, 1.82) is 0 Å². The van der Waals surface area contributed by atoms with E-state index in [0.717, 1.165) is 25.5 Å². The normalized spacial score (nSPS) is 9.46. The summed E-state index contributed by atoms with van der Waals surface area (Å²) in [5.74, 6) is 0. The Labute approximate surface area is 81.7 Å². The Bertz CT molecular complexity index is 109. The van der Waals surface area contributed by atoms with Crippen molar-refractivity contribution >= 4 is 6.29 Å². The predicted molar refractivity (Wildman–Crippen MR) is 56.7 cm³/mol. The van der Waals surface area contributed by atoms with E-state index in [1.165, 1.54) is 12.8 Å². The zero-order valence-electron chi connectivity index (χ0n) is 8.83. The number of rotatable bonds is 6. The number of aldehydes is 1. The molecule has 0 aromatic carbocycles. The SMILES string of the molecule is CC=CCCO.CCCCCC=O. The lowest BCUT2D eigenvalue weighted by molar-refractivity contribution is -0.107. The molecule has 0 bridgehead atoms. The van der Waals surface area contributed by atoms with Gasteiger partial charge >= 0.3 is 0 Å². The highest BCUT2D eigenvalue weighted by molar-refractivity contribution is 5.48. The highest BCUT2D eigenvalue weighted by Gasteiger charge is 1.80. The summed E-state index contributed by atoms with van der Waals surface area (Å²) in [4.78, 5) is 9.68. The molecule has 2 heteroatoms. The van der Waals surface area contributed by atoms with Gasteiger partial charge in [-0.1, -0.05) is 31.9 Å². The monoisotopic (exact) mass is 186 g/mol. The lowest BCUT2D eigenvalue weighted by Crippen LogP contribution is -1.73. The van der Waals surface area contributed by atoms with Gasteiger partial charge < -0.3 is 9.90 Å². The maximum absolute atomic E-state index is 9.68. The first-order chi connectivity index (χ1) is 6.33. The molecule has 0 saturated heterocycles. The van der Waals surface area contributed by atoms with Crippen molar-refractivity contribution in [1.82, 2.24) is 0 Å². The second kappa shape index (κ2) is 17.5. The molecule has 0 spiro atoms. The van der Waals surface area contributed by atoms with Gasteiger partial charge in [-0.25, -0.2) is 0 Å². The molecule has 0 heterocycles. The Morgan fingerprint density at radius 2 is 1.92 bits per heavy atom. The molecule has 0 saturated carbocycles. The van der Waals surface area contributed by atoms with Crippen LogP contribution in [0.2, 0.25) is 0 Å². The summed E-state index contributed by atoms with van der Waals surface area (Å²) in [7, 11) is 0. The van der Waals surface area contributed by atoms with E-state index >= 15 is 0 Å². The van der Waals surface area contributed by atoms with Crippen molar-refractivity contribution in [3.05, 3.63) is 12.2 Å². The van der Waals surface area contributed by atoms with Crippen LogP contribution in [-0.2, 0) is 4.79 Å². The van der Waals surface area contributed by atoms with Crippen LogP contribution in [0.15, 0.2) is 12.2 Å². The van der Waals surface area contributed by atoms with Crippen LogP contribution in [0, 0.1) is 0 Å². The van der Waals surface area contributed by atoms with Crippen LogP contribution >= 0.6 is 0 Å². The number of carbonyl (C=O) groups is 1. The van der Waals surface area contributed by atoms with Crippen molar-refractivity contribution < 1.29 is 9.90 Å². The summed E-state index contributed by atoms with van der Waals surface area (Å²) in [5, 5.41) is 8.15. The maximum atomic E-state index is 9.68. The van der Waals surface area contributed by atoms with Gasteiger partial charge in [-0.05, 0) is 19.8 Å². The fourth-order valence-electron chi connectivity index (χ4n) is 0.719. The number of hydrogen-bond acceptors (Lipinski definition) is 2. The number of aliphatic hydroxyl groups is 1. The summed E-state index contributed by atoms with van der Waals surface area (Å²) in [6.07, 6.45) is 9.84. The number of aliphatic hydroxyl groups excluding tert-OH is 1. The van der Waals surface area contributed by atoms with Crippen molar-refractivity contribution in [2.45, 2.75) is 46.0 Å². The van der Waals surface area contributed by atoms with Gasteiger partial charge in [-0.2, -0.15) is 0 Å². The fourth-order valence-corrected chi connectivity index (χ4v) is 0.719. The summed E-state index contributed by atoms with van der Waals surface area (Å²) in [6, 6.07) is 0. The van der Waals surface area contributed by atoms with Crippen molar-refractivity contribution in [3.63, 3.8) is 0 Å². The summed E-state index contributed by atoms with van der Waals surface area (Å²) >= 11 is 0. The number of hydrogen-bond donors (Lipinski definition) is 1. The Hall–Kier alpha value is -0.630. The number of allylic oxidation sites excluding steroid dienone is 1. The summed E-state index contributed by atoms with van der Waals surface area (Å²) in [6.45, 7) is 4.34. The zero-order valence-corrected chi connectivity index (χ0v) is 8.83. The lowest BCUT2D eigenvalue weighted by Gasteiger charge is -1.85. The van der Waals surface area contributed by atoms with Gasteiger partial charge in [-0.15, -0.1) is 0 Å². The molecule has 0 aliphatic heterocycles. The van der Waals surface area contributed by atoms with Gasteiger partial charge in [-0.3, -0.25) is 0 Å². The molecule has 78 valence electrons. The average Bonchev–Trinajstić information content (AvgIpc) is 2.17. The molecular weight excluding hydrogens is 164 g/mol. The Kier molecular flexibility index (Phi) is 20.0. The van der Waals surface area contributed by atoms with Crippen LogP contribution in [0.1, 0.15) is 46.0 Å². The quantitative estimate of drug-likeness (QED) is 0.393. The lowest BCUT2D eigenvalue weighted by atomic mass is 10.2. The zero-order chi connectivity index (χ0) is 10.4. The minimum Gasteiger partial charge on any atom is -0.396 e. The Balaban J connectivity index is 0. The molecule has 0 fully saturated rings. The first-order valence-electron chi connectivity index (χ1n) is 4.99. The van der Waals surface area contributed by atoms with E-state index in [2.05, 4.69) is 6.92 Å². The minimum atomic E-state index is 0.268. The predicted octanol–water partition coefficient (Wildman–Crippen LogP) is 2.71. The van der Waals surface area contributed by atoms with E-state index < -0.39 is 0 Å². The third-order valence-corrected chi connectivity index (χ3v) is 1.46. The Morgan fingerprint density at radius 3 is 2.23 bits per heavy atom. The summed E-state index contributed by atoms with van der Waals surface area (Å²) < 4.78 is 0. The Morgan fingerprint density at radius 1 is 1.23 bits per heavy atom. The molecule has 0 aliphatic rings. The third-order valence-electron chi connectivity index (χ3n) is 1.46. The van der Waals surface area contributed by atoms with Crippen LogP contribution in [0.25, 0.3) is 0 Å². The van der Waals surface area contributed by atoms with Gasteiger partial charge in [0, 0.05) is 13.0 Å². The molecule has 0 unspecified atom stereocenters. The maximum Gasteiger partial charge on any atom is 0.119 e. The molecule has 0 aromatic rings. The minimum absolute atomic E-state index is 0.268. The smallest absolute Gasteiger partial charge is 0.119 e. The highest BCUT2D eigenvalue weighted by Crippen LogP contribution is 1.94. The molecule has 0 aromatic heterocycles. The van der Waals surface area contributed by atoms with Gasteiger partial charge in [0.15, 0.2) is 0 Å². The molecule has 2 nitrogen and oxygen atoms in total. The van der Waals surface area contributed by atoms with E-state index in [1.54, 1.807) is 0 Å².